The van der Waals surface area contributed by atoms with Crippen molar-refractivity contribution in [3.8, 4) is 5.75 Å². The largest absolute Gasteiger partial charge is 0.488 e. The number of hydrogen-bond donors (Lipinski definition) is 2. The number of likely N-dealkylation sites (tertiary alicyclic amines) is 1. The molecule has 1 saturated heterocycles. The van der Waals surface area contributed by atoms with Crippen LogP contribution in [0.2, 0.25) is 0 Å². The lowest BCUT2D eigenvalue weighted by molar-refractivity contribution is 0.0811. The van der Waals surface area contributed by atoms with Crippen molar-refractivity contribution >= 4 is 11.7 Å². The lowest BCUT2D eigenvalue weighted by Gasteiger charge is -2.39. The van der Waals surface area contributed by atoms with Gasteiger partial charge in [0.25, 0.3) is 0 Å². The zero-order valence-electron chi connectivity index (χ0n) is 14.4. The average Bonchev–Trinajstić information content (AvgIpc) is 3.09. The standard InChI is InChI=1S/C19H28N2O3/c1-14-7-6-12-21(17(14)13-22)19(23)20-16-10-4-5-11-18(16)24-15-8-2-3-9-15/h4-5,10-11,14-15,17,22H,2-3,6-9,12-13H2,1H3,(H,20,23). The molecular weight excluding hydrogens is 304 g/mol. The number of hydrogen-bond acceptors (Lipinski definition) is 3. The van der Waals surface area contributed by atoms with Crippen LogP contribution in [-0.2, 0) is 0 Å². The maximum atomic E-state index is 12.7. The van der Waals surface area contributed by atoms with Crippen LogP contribution in [0.5, 0.6) is 5.75 Å². The first kappa shape index (κ1) is 17.1. The molecule has 1 saturated carbocycles. The van der Waals surface area contributed by atoms with Gasteiger partial charge in [-0.2, -0.15) is 0 Å². The molecule has 0 aromatic heterocycles. The number of urea groups is 1. The molecule has 0 bridgehead atoms. The van der Waals surface area contributed by atoms with Crippen molar-refractivity contribution < 1.29 is 14.6 Å². The fraction of sp³-hybridized carbons (Fsp3) is 0.632. The highest BCUT2D eigenvalue weighted by Crippen LogP contribution is 2.31. The number of amides is 2. The van der Waals surface area contributed by atoms with E-state index in [0.29, 0.717) is 18.2 Å². The molecule has 24 heavy (non-hydrogen) atoms. The van der Waals surface area contributed by atoms with Crippen molar-refractivity contribution in [2.45, 2.75) is 57.6 Å². The second kappa shape index (κ2) is 7.88. The Morgan fingerprint density at radius 3 is 2.75 bits per heavy atom. The number of aliphatic hydroxyl groups is 1. The topological polar surface area (TPSA) is 61.8 Å². The van der Waals surface area contributed by atoms with Crippen LogP contribution < -0.4 is 10.1 Å². The summed E-state index contributed by atoms with van der Waals surface area (Å²) in [7, 11) is 0. The molecule has 1 aliphatic carbocycles. The number of carbonyl (C=O) groups excluding carboxylic acids is 1. The highest BCUT2D eigenvalue weighted by atomic mass is 16.5. The van der Waals surface area contributed by atoms with Gasteiger partial charge < -0.3 is 20.1 Å². The molecule has 2 atom stereocenters. The number of para-hydroxylation sites is 2. The number of anilines is 1. The van der Waals surface area contributed by atoms with E-state index in [2.05, 4.69) is 12.2 Å². The molecule has 1 aromatic carbocycles. The molecule has 5 heteroatoms. The van der Waals surface area contributed by atoms with Gasteiger partial charge in [0.2, 0.25) is 0 Å². The smallest absolute Gasteiger partial charge is 0.322 e. The van der Waals surface area contributed by atoms with Crippen molar-refractivity contribution in [3.63, 3.8) is 0 Å². The summed E-state index contributed by atoms with van der Waals surface area (Å²) in [6, 6.07) is 7.36. The van der Waals surface area contributed by atoms with Crippen molar-refractivity contribution in [1.82, 2.24) is 4.90 Å². The second-order valence-electron chi connectivity index (χ2n) is 7.01. The fourth-order valence-electron chi connectivity index (χ4n) is 3.83. The van der Waals surface area contributed by atoms with E-state index in [1.807, 2.05) is 24.3 Å². The molecule has 1 heterocycles. The molecule has 132 valence electrons. The van der Waals surface area contributed by atoms with Crippen molar-refractivity contribution in [3.05, 3.63) is 24.3 Å². The highest BCUT2D eigenvalue weighted by Gasteiger charge is 2.31. The molecule has 1 aliphatic heterocycles. The van der Waals surface area contributed by atoms with E-state index in [1.165, 1.54) is 12.8 Å². The minimum absolute atomic E-state index is 0.00874. The monoisotopic (exact) mass is 332 g/mol. The molecule has 2 unspecified atom stereocenters. The number of carbonyl (C=O) groups is 1. The SMILES string of the molecule is CC1CCCN(C(=O)Nc2ccccc2OC2CCCC2)C1CO. The number of benzene rings is 1. The lowest BCUT2D eigenvalue weighted by Crippen LogP contribution is -2.51. The third-order valence-corrected chi connectivity index (χ3v) is 5.29. The van der Waals surface area contributed by atoms with E-state index in [-0.39, 0.29) is 24.8 Å². The first-order chi connectivity index (χ1) is 11.7. The third-order valence-electron chi connectivity index (χ3n) is 5.29. The molecule has 0 spiro atoms. The maximum absolute atomic E-state index is 12.7. The van der Waals surface area contributed by atoms with E-state index < -0.39 is 0 Å². The van der Waals surface area contributed by atoms with Gasteiger partial charge in [-0.1, -0.05) is 19.1 Å². The second-order valence-corrected chi connectivity index (χ2v) is 7.01. The lowest BCUT2D eigenvalue weighted by atomic mass is 9.91. The first-order valence-electron chi connectivity index (χ1n) is 9.13. The highest BCUT2D eigenvalue weighted by molar-refractivity contribution is 5.91. The summed E-state index contributed by atoms with van der Waals surface area (Å²) < 4.78 is 6.09. The molecule has 3 rings (SSSR count). The summed E-state index contributed by atoms with van der Waals surface area (Å²) in [5.41, 5.74) is 0.712. The van der Waals surface area contributed by atoms with Gasteiger partial charge in [0.1, 0.15) is 5.75 Å². The van der Waals surface area contributed by atoms with E-state index in [0.717, 1.165) is 31.4 Å². The van der Waals surface area contributed by atoms with Crippen molar-refractivity contribution in [2.75, 3.05) is 18.5 Å². The van der Waals surface area contributed by atoms with Gasteiger partial charge in [-0.15, -0.1) is 0 Å². The van der Waals surface area contributed by atoms with E-state index in [4.69, 9.17) is 4.74 Å². The number of piperidine rings is 1. The van der Waals surface area contributed by atoms with Gasteiger partial charge >= 0.3 is 6.03 Å². The molecule has 5 nitrogen and oxygen atoms in total. The summed E-state index contributed by atoms with van der Waals surface area (Å²) in [6.45, 7) is 2.79. The summed E-state index contributed by atoms with van der Waals surface area (Å²) in [5.74, 6) is 1.06. The van der Waals surface area contributed by atoms with Crippen LogP contribution in [0.1, 0.15) is 45.4 Å². The van der Waals surface area contributed by atoms with Gasteiger partial charge in [0, 0.05) is 6.54 Å². The summed E-state index contributed by atoms with van der Waals surface area (Å²) in [5, 5.41) is 12.6. The molecule has 2 N–H and O–H groups in total. The third kappa shape index (κ3) is 3.83. The molecule has 0 radical (unpaired) electrons. The van der Waals surface area contributed by atoms with Crippen LogP contribution in [0.15, 0.2) is 24.3 Å². The van der Waals surface area contributed by atoms with Crippen LogP contribution in [0, 0.1) is 5.92 Å². The van der Waals surface area contributed by atoms with Crippen LogP contribution in [0.3, 0.4) is 0 Å². The Morgan fingerprint density at radius 1 is 1.25 bits per heavy atom. The zero-order chi connectivity index (χ0) is 16.9. The van der Waals surface area contributed by atoms with E-state index >= 15 is 0 Å². The van der Waals surface area contributed by atoms with Gasteiger partial charge in [-0.3, -0.25) is 0 Å². The van der Waals surface area contributed by atoms with E-state index in [1.54, 1.807) is 4.90 Å². The molecule has 2 aliphatic rings. The van der Waals surface area contributed by atoms with Gasteiger partial charge in [-0.05, 0) is 56.6 Å². The number of rotatable bonds is 4. The Hall–Kier alpha value is -1.75. The van der Waals surface area contributed by atoms with Gasteiger partial charge in [0.05, 0.1) is 24.4 Å². The molecule has 2 fully saturated rings. The zero-order valence-corrected chi connectivity index (χ0v) is 14.4. The first-order valence-corrected chi connectivity index (χ1v) is 9.13. The van der Waals surface area contributed by atoms with Crippen molar-refractivity contribution in [2.24, 2.45) is 5.92 Å². The van der Waals surface area contributed by atoms with Crippen molar-refractivity contribution in [1.29, 1.82) is 0 Å². The summed E-state index contributed by atoms with van der Waals surface area (Å²) in [6.07, 6.45) is 6.87. The predicted octanol–water partition coefficient (Wildman–Crippen LogP) is 3.63. The molecular formula is C19H28N2O3. The fourth-order valence-corrected chi connectivity index (χ4v) is 3.83. The Labute approximate surface area is 144 Å². The molecule has 2 amide bonds. The Kier molecular flexibility index (Phi) is 5.61. The van der Waals surface area contributed by atoms with Gasteiger partial charge in [0.15, 0.2) is 0 Å². The number of ether oxygens (including phenoxy) is 1. The number of nitrogens with one attached hydrogen (secondary N) is 1. The summed E-state index contributed by atoms with van der Waals surface area (Å²) in [4.78, 5) is 14.5. The number of aliphatic hydroxyl groups excluding tert-OH is 1. The maximum Gasteiger partial charge on any atom is 0.322 e. The van der Waals surface area contributed by atoms with Crippen LogP contribution >= 0.6 is 0 Å². The Bertz CT molecular complexity index is 557. The van der Waals surface area contributed by atoms with Crippen LogP contribution in [-0.4, -0.2) is 41.3 Å². The van der Waals surface area contributed by atoms with E-state index in [9.17, 15) is 9.90 Å². The number of nitrogens with zero attached hydrogens (tertiary/aromatic N) is 1. The Balaban J connectivity index is 1.69. The minimum Gasteiger partial charge on any atom is -0.488 e. The Morgan fingerprint density at radius 2 is 2.00 bits per heavy atom. The predicted molar refractivity (Wildman–Crippen MR) is 94.3 cm³/mol. The van der Waals surface area contributed by atoms with Crippen LogP contribution in [0.25, 0.3) is 0 Å². The van der Waals surface area contributed by atoms with Crippen LogP contribution in [0.4, 0.5) is 10.5 Å². The quantitative estimate of drug-likeness (QED) is 0.885. The van der Waals surface area contributed by atoms with Gasteiger partial charge in [-0.25, -0.2) is 4.79 Å². The summed E-state index contributed by atoms with van der Waals surface area (Å²) >= 11 is 0. The molecule has 1 aromatic rings. The average molecular weight is 332 g/mol. The minimum atomic E-state index is -0.150. The normalized spacial score (nSPS) is 24.8.